The molecule has 4 bridgehead atoms. The maximum absolute atomic E-state index is 13.1. The smallest absolute Gasteiger partial charge is 0.252 e. The van der Waals surface area contributed by atoms with Gasteiger partial charge in [0.1, 0.15) is 0 Å². The molecule has 0 spiro atoms. The van der Waals surface area contributed by atoms with Crippen LogP contribution in [0.4, 0.5) is 0 Å². The molecule has 4 aliphatic rings. The number of hydrogen-bond donors (Lipinski definition) is 1. The summed E-state index contributed by atoms with van der Waals surface area (Å²) in [5.74, 6) is 2.75. The zero-order valence-electron chi connectivity index (χ0n) is 19.6. The minimum absolute atomic E-state index is 0.0146. The molecular formula is C27H41ClN2O. The summed E-state index contributed by atoms with van der Waals surface area (Å²) in [6.07, 6.45) is 12.9. The van der Waals surface area contributed by atoms with Gasteiger partial charge in [-0.3, -0.25) is 4.79 Å². The zero-order valence-corrected chi connectivity index (χ0v) is 20.4. The molecule has 0 aliphatic heterocycles. The summed E-state index contributed by atoms with van der Waals surface area (Å²) in [5, 5.41) is 3.87. The molecule has 4 fully saturated rings. The number of nitrogens with one attached hydrogen (secondary N) is 1. The van der Waals surface area contributed by atoms with Crippen LogP contribution in [0.1, 0.15) is 87.6 Å². The van der Waals surface area contributed by atoms with Crippen LogP contribution in [0.3, 0.4) is 0 Å². The van der Waals surface area contributed by atoms with Gasteiger partial charge in [0.25, 0.3) is 5.91 Å². The average molecular weight is 445 g/mol. The number of aryl methyl sites for hydroxylation is 1. The van der Waals surface area contributed by atoms with Gasteiger partial charge < -0.3 is 10.2 Å². The van der Waals surface area contributed by atoms with Crippen molar-refractivity contribution in [1.29, 1.82) is 0 Å². The molecule has 0 heterocycles. The van der Waals surface area contributed by atoms with Crippen molar-refractivity contribution in [2.45, 2.75) is 78.1 Å². The van der Waals surface area contributed by atoms with Crippen LogP contribution in [0.15, 0.2) is 18.2 Å². The van der Waals surface area contributed by atoms with Crippen molar-refractivity contribution < 1.29 is 4.79 Å². The lowest BCUT2D eigenvalue weighted by Crippen LogP contribution is -2.51. The molecular weight excluding hydrogens is 404 g/mol. The van der Waals surface area contributed by atoms with E-state index in [-0.39, 0.29) is 5.91 Å². The fraction of sp³-hybridized carbons (Fsp3) is 0.741. The molecule has 5 rings (SSSR count). The van der Waals surface area contributed by atoms with E-state index in [0.29, 0.717) is 16.0 Å². The second-order valence-corrected chi connectivity index (χ2v) is 11.2. The van der Waals surface area contributed by atoms with Crippen molar-refractivity contribution in [2.75, 3.05) is 26.2 Å². The van der Waals surface area contributed by atoms with Crippen LogP contribution in [0.2, 0.25) is 5.02 Å². The Morgan fingerprint density at radius 3 is 2.32 bits per heavy atom. The number of carbonyl (C=O) groups excluding carboxylic acids is 1. The normalized spacial score (nSPS) is 29.0. The number of amides is 1. The Morgan fingerprint density at radius 2 is 1.71 bits per heavy atom. The molecule has 4 saturated carbocycles. The first kappa shape index (κ1) is 23.1. The summed E-state index contributed by atoms with van der Waals surface area (Å²) in [5.41, 5.74) is 2.23. The fourth-order valence-corrected chi connectivity index (χ4v) is 7.29. The highest BCUT2D eigenvalue weighted by Crippen LogP contribution is 2.59. The highest BCUT2D eigenvalue weighted by molar-refractivity contribution is 6.33. The van der Waals surface area contributed by atoms with Gasteiger partial charge in [-0.15, -0.1) is 0 Å². The van der Waals surface area contributed by atoms with Crippen molar-refractivity contribution >= 4 is 17.5 Å². The molecule has 172 valence electrons. The van der Waals surface area contributed by atoms with E-state index in [1.54, 1.807) is 0 Å². The third-order valence-electron chi connectivity index (χ3n) is 8.28. The van der Waals surface area contributed by atoms with E-state index >= 15 is 0 Å². The maximum atomic E-state index is 13.1. The van der Waals surface area contributed by atoms with E-state index in [4.69, 9.17) is 11.6 Å². The van der Waals surface area contributed by atoms with Crippen molar-refractivity contribution in [3.8, 4) is 0 Å². The number of nitrogens with zero attached hydrogens (tertiary/aromatic N) is 1. The summed E-state index contributed by atoms with van der Waals surface area (Å²) in [6.45, 7) is 8.73. The van der Waals surface area contributed by atoms with Crippen LogP contribution in [-0.4, -0.2) is 37.0 Å². The van der Waals surface area contributed by atoms with Gasteiger partial charge in [0.15, 0.2) is 0 Å². The van der Waals surface area contributed by atoms with Gasteiger partial charge in [0.05, 0.1) is 10.6 Å². The highest BCUT2D eigenvalue weighted by atomic mass is 35.5. The average Bonchev–Trinajstić information content (AvgIpc) is 2.74. The first-order chi connectivity index (χ1) is 15.0. The molecule has 1 amide bonds. The van der Waals surface area contributed by atoms with Gasteiger partial charge in [-0.1, -0.05) is 37.9 Å². The minimum Gasteiger partial charge on any atom is -0.351 e. The first-order valence-electron chi connectivity index (χ1n) is 12.8. The molecule has 1 aromatic carbocycles. The standard InChI is InChI=1S/C27H41ClN2O/c1-3-5-10-30(4-2)11-6-7-20-8-9-25(28)24(15-20)26(31)29-19-27-16-21-12-22(17-27)14-23(13-21)18-27/h8-9,15,21-23H,3-7,10-14,16-19H2,1-2H3,(H,29,31). The van der Waals surface area contributed by atoms with E-state index in [1.165, 1.54) is 63.5 Å². The Hall–Kier alpha value is -1.06. The van der Waals surface area contributed by atoms with Crippen molar-refractivity contribution in [1.82, 2.24) is 10.2 Å². The van der Waals surface area contributed by atoms with Gasteiger partial charge >= 0.3 is 0 Å². The Balaban J connectivity index is 1.31. The summed E-state index contributed by atoms with van der Waals surface area (Å²) >= 11 is 6.44. The minimum atomic E-state index is 0.0146. The summed E-state index contributed by atoms with van der Waals surface area (Å²) in [4.78, 5) is 15.6. The molecule has 0 atom stereocenters. The lowest BCUT2D eigenvalue weighted by atomic mass is 9.49. The van der Waals surface area contributed by atoms with E-state index in [9.17, 15) is 4.79 Å². The van der Waals surface area contributed by atoms with E-state index in [0.717, 1.165) is 50.2 Å². The number of unbranched alkanes of at least 4 members (excludes halogenated alkanes) is 1. The van der Waals surface area contributed by atoms with Crippen LogP contribution < -0.4 is 5.32 Å². The quantitative estimate of drug-likeness (QED) is 0.431. The maximum Gasteiger partial charge on any atom is 0.252 e. The monoisotopic (exact) mass is 444 g/mol. The number of carbonyl (C=O) groups is 1. The third kappa shape index (κ3) is 5.66. The Bertz CT molecular complexity index is 726. The molecule has 4 aliphatic carbocycles. The highest BCUT2D eigenvalue weighted by Gasteiger charge is 2.50. The second-order valence-electron chi connectivity index (χ2n) is 10.8. The van der Waals surface area contributed by atoms with Crippen molar-refractivity contribution in [2.24, 2.45) is 23.2 Å². The summed E-state index contributed by atoms with van der Waals surface area (Å²) < 4.78 is 0. The fourth-order valence-electron chi connectivity index (χ4n) is 7.09. The summed E-state index contributed by atoms with van der Waals surface area (Å²) in [6, 6.07) is 6.02. The van der Waals surface area contributed by atoms with Crippen LogP contribution in [0.25, 0.3) is 0 Å². The molecule has 0 aromatic heterocycles. The first-order valence-corrected chi connectivity index (χ1v) is 13.2. The second kappa shape index (κ2) is 10.3. The largest absolute Gasteiger partial charge is 0.351 e. The number of rotatable bonds is 11. The van der Waals surface area contributed by atoms with E-state index in [1.807, 2.05) is 12.1 Å². The number of halogens is 1. The van der Waals surface area contributed by atoms with Gasteiger partial charge in [-0.2, -0.15) is 0 Å². The molecule has 31 heavy (non-hydrogen) atoms. The van der Waals surface area contributed by atoms with Crippen LogP contribution in [0.5, 0.6) is 0 Å². The zero-order chi connectivity index (χ0) is 21.8. The SMILES string of the molecule is CCCCN(CC)CCCc1ccc(Cl)c(C(=O)NCC23CC4CC(CC(C4)C2)C3)c1. The number of benzene rings is 1. The van der Waals surface area contributed by atoms with Crippen LogP contribution >= 0.6 is 11.6 Å². The van der Waals surface area contributed by atoms with Crippen molar-refractivity contribution in [3.63, 3.8) is 0 Å². The van der Waals surface area contributed by atoms with Crippen LogP contribution in [-0.2, 0) is 6.42 Å². The lowest BCUT2D eigenvalue weighted by molar-refractivity contribution is -0.0503. The van der Waals surface area contributed by atoms with E-state index < -0.39 is 0 Å². The molecule has 1 aromatic rings. The topological polar surface area (TPSA) is 32.3 Å². The third-order valence-corrected chi connectivity index (χ3v) is 8.61. The molecule has 1 N–H and O–H groups in total. The van der Waals surface area contributed by atoms with Crippen LogP contribution in [0, 0.1) is 23.2 Å². The molecule has 0 saturated heterocycles. The lowest BCUT2D eigenvalue weighted by Gasteiger charge is -2.56. The van der Waals surface area contributed by atoms with Gasteiger partial charge in [0.2, 0.25) is 0 Å². The van der Waals surface area contributed by atoms with Gasteiger partial charge in [0, 0.05) is 6.54 Å². The Kier molecular flexibility index (Phi) is 7.64. The Labute approximate surface area is 194 Å². The van der Waals surface area contributed by atoms with E-state index in [2.05, 4.69) is 30.1 Å². The molecule has 0 radical (unpaired) electrons. The molecule has 0 unspecified atom stereocenters. The van der Waals surface area contributed by atoms with Gasteiger partial charge in [-0.05, 0) is 118 Å². The predicted octanol–water partition coefficient (Wildman–Crippen LogP) is 6.34. The Morgan fingerprint density at radius 1 is 1.06 bits per heavy atom. The predicted molar refractivity (Wildman–Crippen MR) is 130 cm³/mol. The van der Waals surface area contributed by atoms with Gasteiger partial charge in [-0.25, -0.2) is 0 Å². The molecule has 3 nitrogen and oxygen atoms in total. The summed E-state index contributed by atoms with van der Waals surface area (Å²) in [7, 11) is 0. The molecule has 4 heteroatoms. The van der Waals surface area contributed by atoms with Crippen molar-refractivity contribution in [3.05, 3.63) is 34.3 Å². The number of hydrogen-bond acceptors (Lipinski definition) is 2.